The third-order valence-corrected chi connectivity index (χ3v) is 7.17. The van der Waals surface area contributed by atoms with Crippen LogP contribution in [0.4, 0.5) is 13.2 Å². The highest BCUT2D eigenvalue weighted by molar-refractivity contribution is 5.90. The van der Waals surface area contributed by atoms with E-state index in [0.717, 1.165) is 22.7 Å². The molecule has 0 aliphatic carbocycles. The maximum absolute atomic E-state index is 14.2. The van der Waals surface area contributed by atoms with E-state index in [1.54, 1.807) is 31.5 Å². The lowest BCUT2D eigenvalue weighted by molar-refractivity contribution is -0.118. The van der Waals surface area contributed by atoms with E-state index in [-0.39, 0.29) is 25.0 Å². The monoisotopic (exact) mass is 566 g/mol. The lowest BCUT2D eigenvalue weighted by Gasteiger charge is -2.20. The van der Waals surface area contributed by atoms with Gasteiger partial charge in [0.15, 0.2) is 0 Å². The van der Waals surface area contributed by atoms with Crippen LogP contribution in [0.3, 0.4) is 0 Å². The van der Waals surface area contributed by atoms with Crippen molar-refractivity contribution in [1.29, 1.82) is 0 Å². The Morgan fingerprint density at radius 1 is 0.905 bits per heavy atom. The number of hydrogen-bond donors (Lipinski definition) is 1. The van der Waals surface area contributed by atoms with E-state index in [4.69, 9.17) is 4.42 Å². The van der Waals surface area contributed by atoms with Gasteiger partial charge in [-0.05, 0) is 71.6 Å². The first-order valence-corrected chi connectivity index (χ1v) is 13.4. The van der Waals surface area contributed by atoms with Gasteiger partial charge in [0.1, 0.15) is 23.2 Å². The van der Waals surface area contributed by atoms with E-state index in [0.29, 0.717) is 39.6 Å². The largest absolute Gasteiger partial charge is 0.421 e. The van der Waals surface area contributed by atoms with Crippen molar-refractivity contribution in [2.75, 3.05) is 0 Å². The second kappa shape index (κ2) is 11.4. The molecular weight excluding hydrogens is 541 g/mol. The summed E-state index contributed by atoms with van der Waals surface area (Å²) >= 11 is 0. The molecule has 1 atom stereocenters. The van der Waals surface area contributed by atoms with Crippen molar-refractivity contribution in [3.63, 3.8) is 0 Å². The number of carbonyl (C=O) groups excluding carboxylic acids is 1. The number of ketones is 1. The van der Waals surface area contributed by atoms with E-state index >= 15 is 0 Å². The fourth-order valence-corrected chi connectivity index (χ4v) is 5.36. The SMILES string of the molecule is Cc1nnc(-c2cccc(-c3cccnc3[C@@H](CC(=O)Cc3c[nH]c4ccc(F)cc34)Cc3cc(F)cc(F)c3)c2)o1. The minimum atomic E-state index is -0.695. The van der Waals surface area contributed by atoms with Crippen molar-refractivity contribution in [3.8, 4) is 22.6 Å². The van der Waals surface area contributed by atoms with Crippen LogP contribution in [0, 0.1) is 24.4 Å². The summed E-state index contributed by atoms with van der Waals surface area (Å²) in [5.41, 5.74) is 4.71. The van der Waals surface area contributed by atoms with Crippen LogP contribution < -0.4 is 0 Å². The van der Waals surface area contributed by atoms with Gasteiger partial charge in [-0.25, -0.2) is 13.2 Å². The molecule has 210 valence electrons. The third kappa shape index (κ3) is 5.85. The zero-order valence-corrected chi connectivity index (χ0v) is 22.6. The Morgan fingerprint density at radius 2 is 1.71 bits per heavy atom. The molecule has 0 aliphatic rings. The summed E-state index contributed by atoms with van der Waals surface area (Å²) in [5.74, 6) is -1.59. The number of rotatable bonds is 9. The van der Waals surface area contributed by atoms with Gasteiger partial charge in [-0.15, -0.1) is 10.2 Å². The number of pyridine rings is 1. The van der Waals surface area contributed by atoms with Gasteiger partial charge in [-0.1, -0.05) is 18.2 Å². The fraction of sp³-hybridized carbons (Fsp3) is 0.152. The van der Waals surface area contributed by atoms with Gasteiger partial charge in [0.2, 0.25) is 11.8 Å². The average Bonchev–Trinajstić information content (AvgIpc) is 3.58. The number of aromatic amines is 1. The van der Waals surface area contributed by atoms with Gasteiger partial charge in [0.05, 0.1) is 5.69 Å². The lowest BCUT2D eigenvalue weighted by Crippen LogP contribution is -2.14. The normalized spacial score (nSPS) is 12.1. The second-order valence-electron chi connectivity index (χ2n) is 10.2. The minimum Gasteiger partial charge on any atom is -0.421 e. The molecule has 3 heterocycles. The Hall–Kier alpha value is -5.05. The minimum absolute atomic E-state index is 0.0483. The zero-order valence-electron chi connectivity index (χ0n) is 22.6. The number of halogens is 3. The molecule has 0 bridgehead atoms. The smallest absolute Gasteiger partial charge is 0.247 e. The molecule has 0 amide bonds. The van der Waals surface area contributed by atoms with Crippen LogP contribution >= 0.6 is 0 Å². The first-order chi connectivity index (χ1) is 20.3. The predicted octanol–water partition coefficient (Wildman–Crippen LogP) is 7.53. The standard InChI is InChI=1S/C33H25F3N4O2/c1-19-39-40-33(42-19)22-5-2-4-21(13-22)29-6-3-9-37-32(29)23(10-20-11-26(35)16-27(36)12-20)14-28(41)15-24-18-38-31-8-7-25(34)17-30(24)31/h2-9,11-13,16-18,23,38H,10,14-15H2,1H3/t23-/m1/s1. The van der Waals surface area contributed by atoms with Crippen LogP contribution in [0.1, 0.15) is 35.1 Å². The number of fused-ring (bicyclic) bond motifs is 1. The van der Waals surface area contributed by atoms with Crippen LogP contribution in [-0.4, -0.2) is 25.9 Å². The second-order valence-corrected chi connectivity index (χ2v) is 10.2. The number of aryl methyl sites for hydroxylation is 1. The molecule has 9 heteroatoms. The maximum Gasteiger partial charge on any atom is 0.247 e. The number of aromatic nitrogens is 4. The van der Waals surface area contributed by atoms with E-state index < -0.39 is 23.4 Å². The molecule has 6 nitrogen and oxygen atoms in total. The Bertz CT molecular complexity index is 1890. The lowest BCUT2D eigenvalue weighted by atomic mass is 9.85. The number of carbonyl (C=O) groups is 1. The molecule has 6 aromatic rings. The molecule has 0 unspecified atom stereocenters. The molecule has 1 N–H and O–H groups in total. The van der Waals surface area contributed by atoms with Crippen molar-refractivity contribution in [2.45, 2.75) is 32.1 Å². The maximum atomic E-state index is 14.2. The highest BCUT2D eigenvalue weighted by Crippen LogP contribution is 2.34. The van der Waals surface area contributed by atoms with Gasteiger partial charge in [-0.2, -0.15) is 0 Å². The molecule has 0 aliphatic heterocycles. The van der Waals surface area contributed by atoms with Crippen LogP contribution in [0.25, 0.3) is 33.5 Å². The van der Waals surface area contributed by atoms with Crippen LogP contribution in [0.15, 0.2) is 89.6 Å². The molecule has 0 radical (unpaired) electrons. The van der Waals surface area contributed by atoms with Crippen molar-refractivity contribution in [1.82, 2.24) is 20.2 Å². The van der Waals surface area contributed by atoms with E-state index in [1.165, 1.54) is 24.3 Å². The van der Waals surface area contributed by atoms with Crippen LogP contribution in [0.2, 0.25) is 0 Å². The van der Waals surface area contributed by atoms with Gasteiger partial charge < -0.3 is 9.40 Å². The van der Waals surface area contributed by atoms with Crippen LogP contribution in [-0.2, 0) is 17.6 Å². The summed E-state index contributed by atoms with van der Waals surface area (Å²) in [4.78, 5) is 21.3. The summed E-state index contributed by atoms with van der Waals surface area (Å²) in [6, 6.07) is 19.0. The highest BCUT2D eigenvalue weighted by Gasteiger charge is 2.23. The zero-order chi connectivity index (χ0) is 29.2. The van der Waals surface area contributed by atoms with E-state index in [1.807, 2.05) is 30.3 Å². The van der Waals surface area contributed by atoms with Crippen molar-refractivity contribution >= 4 is 16.7 Å². The van der Waals surface area contributed by atoms with Gasteiger partial charge in [0, 0.05) is 66.2 Å². The van der Waals surface area contributed by atoms with Gasteiger partial charge in [0.25, 0.3) is 0 Å². The molecule has 0 spiro atoms. The summed E-state index contributed by atoms with van der Waals surface area (Å²) < 4.78 is 47.8. The van der Waals surface area contributed by atoms with Crippen molar-refractivity contribution in [3.05, 3.63) is 125 Å². The molecule has 3 aromatic heterocycles. The highest BCUT2D eigenvalue weighted by atomic mass is 19.1. The first-order valence-electron chi connectivity index (χ1n) is 13.4. The molecule has 0 fully saturated rings. The predicted molar refractivity (Wildman–Crippen MR) is 152 cm³/mol. The van der Waals surface area contributed by atoms with Crippen LogP contribution in [0.5, 0.6) is 0 Å². The molecule has 0 saturated carbocycles. The average molecular weight is 567 g/mol. The Morgan fingerprint density at radius 3 is 2.50 bits per heavy atom. The summed E-state index contributed by atoms with van der Waals surface area (Å²) in [6.45, 7) is 1.71. The summed E-state index contributed by atoms with van der Waals surface area (Å²) in [6.07, 6.45) is 3.62. The molecule has 42 heavy (non-hydrogen) atoms. The van der Waals surface area contributed by atoms with Crippen molar-refractivity contribution < 1.29 is 22.4 Å². The number of nitrogens with zero attached hydrogens (tertiary/aromatic N) is 3. The molecular formula is C33H25F3N4O2. The van der Waals surface area contributed by atoms with E-state index in [9.17, 15) is 18.0 Å². The fourth-order valence-electron chi connectivity index (χ4n) is 5.36. The quantitative estimate of drug-likeness (QED) is 0.196. The first kappa shape index (κ1) is 27.1. The van der Waals surface area contributed by atoms with Crippen molar-refractivity contribution in [2.24, 2.45) is 0 Å². The molecule has 0 saturated heterocycles. The summed E-state index contributed by atoms with van der Waals surface area (Å²) in [7, 11) is 0. The number of H-pyrrole nitrogens is 1. The number of nitrogens with one attached hydrogen (secondary N) is 1. The Kier molecular flexibility index (Phi) is 7.39. The third-order valence-electron chi connectivity index (χ3n) is 7.17. The molecule has 3 aromatic carbocycles. The Labute approximate surface area is 239 Å². The Balaban J connectivity index is 1.36. The van der Waals surface area contributed by atoms with E-state index in [2.05, 4.69) is 20.2 Å². The summed E-state index contributed by atoms with van der Waals surface area (Å²) in [5, 5.41) is 8.65. The van der Waals surface area contributed by atoms with Gasteiger partial charge >= 0.3 is 0 Å². The molecule has 6 rings (SSSR count). The number of benzene rings is 3. The van der Waals surface area contributed by atoms with Gasteiger partial charge in [-0.3, -0.25) is 9.78 Å². The number of Topliss-reactive ketones (excluding diaryl/α,β-unsaturated/α-hetero) is 1. The number of hydrogen-bond acceptors (Lipinski definition) is 5. The topological polar surface area (TPSA) is 84.7 Å².